The average molecular weight is 302 g/mol. The van der Waals surface area contributed by atoms with Crippen LogP contribution in [0.2, 0.25) is 5.28 Å². The Balaban J connectivity index is 2.13. The van der Waals surface area contributed by atoms with Crippen LogP contribution in [0.3, 0.4) is 0 Å². The van der Waals surface area contributed by atoms with E-state index in [1.54, 1.807) is 12.4 Å². The third-order valence-electron chi connectivity index (χ3n) is 3.43. The topological polar surface area (TPSA) is 56.5 Å². The van der Waals surface area contributed by atoms with Gasteiger partial charge in [-0.3, -0.25) is 0 Å². The van der Waals surface area contributed by atoms with E-state index in [0.717, 1.165) is 40.2 Å². The van der Waals surface area contributed by atoms with Crippen molar-refractivity contribution in [3.63, 3.8) is 0 Å². The highest BCUT2D eigenvalue weighted by Crippen LogP contribution is 2.20. The van der Waals surface area contributed by atoms with Crippen LogP contribution in [0.1, 0.15) is 29.6 Å². The molecule has 0 saturated heterocycles. The fourth-order valence-electron chi connectivity index (χ4n) is 2.49. The van der Waals surface area contributed by atoms with Crippen molar-refractivity contribution < 1.29 is 0 Å². The number of pyridine rings is 1. The Morgan fingerprint density at radius 1 is 1.14 bits per heavy atom. The van der Waals surface area contributed by atoms with Crippen LogP contribution in [-0.4, -0.2) is 24.5 Å². The predicted molar refractivity (Wildman–Crippen MR) is 82.5 cm³/mol. The standard InChI is InChI=1S/C15H16ClN5/c1-4-12-20-13-9(2)5-10(3)19-14(13)21(12)8-11-6-17-15(16)18-7-11/h5-7H,4,8H2,1-3H3. The lowest BCUT2D eigenvalue weighted by atomic mass is 10.2. The fraction of sp³-hybridized carbons (Fsp3) is 0.333. The van der Waals surface area contributed by atoms with E-state index in [2.05, 4.69) is 39.4 Å². The van der Waals surface area contributed by atoms with E-state index in [0.29, 0.717) is 6.54 Å². The molecule has 5 nitrogen and oxygen atoms in total. The van der Waals surface area contributed by atoms with Gasteiger partial charge >= 0.3 is 0 Å². The summed E-state index contributed by atoms with van der Waals surface area (Å²) in [6.45, 7) is 6.81. The number of rotatable bonds is 3. The van der Waals surface area contributed by atoms with Crippen LogP contribution in [-0.2, 0) is 13.0 Å². The maximum absolute atomic E-state index is 5.73. The summed E-state index contributed by atoms with van der Waals surface area (Å²) in [4.78, 5) is 17.4. The van der Waals surface area contributed by atoms with Crippen molar-refractivity contribution in [1.82, 2.24) is 24.5 Å². The minimum Gasteiger partial charge on any atom is -0.308 e. The molecule has 0 N–H and O–H groups in total. The van der Waals surface area contributed by atoms with Gasteiger partial charge in [-0.25, -0.2) is 19.9 Å². The van der Waals surface area contributed by atoms with Gasteiger partial charge in [0.2, 0.25) is 5.28 Å². The molecule has 0 amide bonds. The van der Waals surface area contributed by atoms with Crippen molar-refractivity contribution in [2.75, 3.05) is 0 Å². The van der Waals surface area contributed by atoms with Crippen LogP contribution in [0.15, 0.2) is 18.5 Å². The van der Waals surface area contributed by atoms with Gasteiger partial charge in [-0.1, -0.05) is 6.92 Å². The van der Waals surface area contributed by atoms with Gasteiger partial charge in [0, 0.05) is 30.1 Å². The first-order chi connectivity index (χ1) is 10.1. The van der Waals surface area contributed by atoms with Crippen molar-refractivity contribution >= 4 is 22.8 Å². The first-order valence-electron chi connectivity index (χ1n) is 6.88. The molecule has 0 aromatic carbocycles. The first-order valence-corrected chi connectivity index (χ1v) is 7.26. The molecule has 0 aliphatic rings. The zero-order chi connectivity index (χ0) is 15.0. The van der Waals surface area contributed by atoms with E-state index >= 15 is 0 Å². The van der Waals surface area contributed by atoms with Gasteiger partial charge in [0.05, 0.1) is 6.54 Å². The van der Waals surface area contributed by atoms with Gasteiger partial charge in [-0.05, 0) is 37.1 Å². The number of aryl methyl sites for hydroxylation is 3. The van der Waals surface area contributed by atoms with Crippen molar-refractivity contribution in [2.24, 2.45) is 0 Å². The molecule has 0 unspecified atom stereocenters. The second-order valence-corrected chi connectivity index (χ2v) is 5.42. The van der Waals surface area contributed by atoms with Crippen LogP contribution in [0.4, 0.5) is 0 Å². The number of aromatic nitrogens is 5. The molecular formula is C15H16ClN5. The molecule has 0 atom stereocenters. The van der Waals surface area contributed by atoms with E-state index in [1.165, 1.54) is 0 Å². The van der Waals surface area contributed by atoms with Crippen LogP contribution < -0.4 is 0 Å². The Kier molecular flexibility index (Phi) is 3.59. The number of hydrogen-bond acceptors (Lipinski definition) is 4. The van der Waals surface area contributed by atoms with Gasteiger partial charge in [-0.2, -0.15) is 0 Å². The molecular weight excluding hydrogens is 286 g/mol. The SMILES string of the molecule is CCc1nc2c(C)cc(C)nc2n1Cc1cnc(Cl)nc1. The first kappa shape index (κ1) is 13.9. The largest absolute Gasteiger partial charge is 0.308 e. The molecule has 3 rings (SSSR count). The highest BCUT2D eigenvalue weighted by molar-refractivity contribution is 6.28. The molecule has 0 bridgehead atoms. The van der Waals surface area contributed by atoms with E-state index in [9.17, 15) is 0 Å². The Bertz CT molecular complexity index is 792. The molecule has 108 valence electrons. The summed E-state index contributed by atoms with van der Waals surface area (Å²) in [6, 6.07) is 2.06. The number of imidazole rings is 1. The number of hydrogen-bond donors (Lipinski definition) is 0. The molecule has 0 fully saturated rings. The maximum atomic E-state index is 5.73. The van der Waals surface area contributed by atoms with Crippen molar-refractivity contribution in [3.8, 4) is 0 Å². The molecule has 0 saturated carbocycles. The summed E-state index contributed by atoms with van der Waals surface area (Å²) in [5.74, 6) is 1.01. The zero-order valence-electron chi connectivity index (χ0n) is 12.3. The van der Waals surface area contributed by atoms with E-state index in [-0.39, 0.29) is 5.28 Å². The Morgan fingerprint density at radius 3 is 2.52 bits per heavy atom. The van der Waals surface area contributed by atoms with Crippen molar-refractivity contribution in [3.05, 3.63) is 46.4 Å². The van der Waals surface area contributed by atoms with Crippen LogP contribution >= 0.6 is 11.6 Å². The second kappa shape index (κ2) is 5.41. The predicted octanol–water partition coefficient (Wildman–Crippen LogP) is 3.10. The highest BCUT2D eigenvalue weighted by atomic mass is 35.5. The van der Waals surface area contributed by atoms with E-state index in [1.807, 2.05) is 6.92 Å². The third kappa shape index (κ3) is 2.61. The third-order valence-corrected chi connectivity index (χ3v) is 3.63. The normalized spacial score (nSPS) is 11.2. The van der Waals surface area contributed by atoms with Gasteiger partial charge in [-0.15, -0.1) is 0 Å². The van der Waals surface area contributed by atoms with Crippen molar-refractivity contribution in [2.45, 2.75) is 33.7 Å². The number of fused-ring (bicyclic) bond motifs is 1. The van der Waals surface area contributed by atoms with Gasteiger partial charge < -0.3 is 4.57 Å². The molecule has 0 aliphatic carbocycles. The molecule has 3 aromatic heterocycles. The zero-order valence-corrected chi connectivity index (χ0v) is 13.0. The molecule has 6 heteroatoms. The lowest BCUT2D eigenvalue weighted by Crippen LogP contribution is -2.06. The Hall–Kier alpha value is -2.01. The lowest BCUT2D eigenvalue weighted by Gasteiger charge is -2.07. The fourth-order valence-corrected chi connectivity index (χ4v) is 2.59. The summed E-state index contributed by atoms with van der Waals surface area (Å²) in [6.07, 6.45) is 4.33. The quantitative estimate of drug-likeness (QED) is 0.698. The molecule has 21 heavy (non-hydrogen) atoms. The summed E-state index contributed by atoms with van der Waals surface area (Å²) < 4.78 is 2.13. The van der Waals surface area contributed by atoms with Crippen molar-refractivity contribution in [1.29, 1.82) is 0 Å². The monoisotopic (exact) mass is 301 g/mol. The molecule has 3 heterocycles. The highest BCUT2D eigenvalue weighted by Gasteiger charge is 2.13. The smallest absolute Gasteiger partial charge is 0.222 e. The summed E-state index contributed by atoms with van der Waals surface area (Å²) in [5, 5.41) is 0.259. The second-order valence-electron chi connectivity index (χ2n) is 5.08. The molecule has 0 aliphatic heterocycles. The molecule has 0 radical (unpaired) electrons. The van der Waals surface area contributed by atoms with Crippen LogP contribution in [0, 0.1) is 13.8 Å². The Morgan fingerprint density at radius 2 is 1.86 bits per heavy atom. The molecule has 0 spiro atoms. The van der Waals surface area contributed by atoms with Gasteiger partial charge in [0.25, 0.3) is 0 Å². The summed E-state index contributed by atoms with van der Waals surface area (Å²) >= 11 is 5.73. The lowest BCUT2D eigenvalue weighted by molar-refractivity contribution is 0.739. The minimum atomic E-state index is 0.259. The number of nitrogens with zero attached hydrogens (tertiary/aromatic N) is 5. The summed E-state index contributed by atoms with van der Waals surface area (Å²) in [5.41, 5.74) is 5.01. The number of halogens is 1. The molecule has 3 aromatic rings. The average Bonchev–Trinajstić information content (AvgIpc) is 2.80. The minimum absolute atomic E-state index is 0.259. The van der Waals surface area contributed by atoms with E-state index < -0.39 is 0 Å². The summed E-state index contributed by atoms with van der Waals surface area (Å²) in [7, 11) is 0. The van der Waals surface area contributed by atoms with Crippen LogP contribution in [0.25, 0.3) is 11.2 Å². The Labute approximate surface area is 128 Å². The maximum Gasteiger partial charge on any atom is 0.222 e. The van der Waals surface area contributed by atoms with Crippen LogP contribution in [0.5, 0.6) is 0 Å². The van der Waals surface area contributed by atoms with Gasteiger partial charge in [0.15, 0.2) is 5.65 Å². The van der Waals surface area contributed by atoms with Gasteiger partial charge in [0.1, 0.15) is 11.3 Å². The van der Waals surface area contributed by atoms with E-state index in [4.69, 9.17) is 16.6 Å².